The van der Waals surface area contributed by atoms with Gasteiger partial charge in [0.25, 0.3) is 0 Å². The summed E-state index contributed by atoms with van der Waals surface area (Å²) in [4.78, 5) is 65.5. The molecule has 5 rings (SSSR count). The van der Waals surface area contributed by atoms with E-state index < -0.39 is 87.6 Å². The van der Waals surface area contributed by atoms with Crippen LogP contribution < -0.4 is 0 Å². The molecule has 1 aromatic heterocycles. The van der Waals surface area contributed by atoms with Crippen LogP contribution in [0.3, 0.4) is 0 Å². The van der Waals surface area contributed by atoms with E-state index in [1.807, 2.05) is 6.92 Å². The standard InChI is InChI=1S/C31H38O11/c1-15(32)40-22(25(35)38-7)23-28(3,4)27(41-16(2)33)31(37)13-18-19(30(23,6)26(31)36)8-10-29(5)20(18)12-21(34)42-24(29)17-9-11-39-14-17/h9,11,13-14,19-20,22-24,27,37H,8,10,12H2,1-7H3/t19-,20+,22-,23+,24-,27+,29-,30-,31+/m1/s1. The average Bonchev–Trinajstić information content (AvgIpc) is 3.43. The molecule has 1 saturated heterocycles. The molecule has 0 radical (unpaired) electrons. The van der Waals surface area contributed by atoms with Crippen LogP contribution in [0.5, 0.6) is 0 Å². The Morgan fingerprint density at radius 2 is 1.76 bits per heavy atom. The van der Waals surface area contributed by atoms with Gasteiger partial charge in [-0.15, -0.1) is 0 Å². The molecule has 1 N–H and O–H groups in total. The highest BCUT2D eigenvalue weighted by atomic mass is 16.6. The molecule has 0 spiro atoms. The van der Waals surface area contributed by atoms with Gasteiger partial charge in [-0.25, -0.2) is 4.79 Å². The van der Waals surface area contributed by atoms with Crippen LogP contribution in [0.15, 0.2) is 34.7 Å². The molecule has 11 heteroatoms. The molecular formula is C31H38O11. The van der Waals surface area contributed by atoms with Gasteiger partial charge in [-0.1, -0.05) is 33.3 Å². The lowest BCUT2D eigenvalue weighted by molar-refractivity contribution is -0.238. The van der Waals surface area contributed by atoms with Crippen molar-refractivity contribution >= 4 is 29.7 Å². The minimum Gasteiger partial charge on any atom is -0.472 e. The Hall–Kier alpha value is -3.47. The largest absolute Gasteiger partial charge is 0.472 e. The van der Waals surface area contributed by atoms with Gasteiger partial charge >= 0.3 is 23.9 Å². The summed E-state index contributed by atoms with van der Waals surface area (Å²) in [6.07, 6.45) is 1.90. The van der Waals surface area contributed by atoms with Crippen LogP contribution in [-0.2, 0) is 42.9 Å². The highest BCUT2D eigenvalue weighted by Crippen LogP contribution is 2.69. The van der Waals surface area contributed by atoms with Crippen LogP contribution in [-0.4, -0.2) is 59.7 Å². The first-order valence-electron chi connectivity index (χ1n) is 14.2. The number of hydrogen-bond donors (Lipinski definition) is 1. The van der Waals surface area contributed by atoms with E-state index in [0.717, 1.165) is 14.0 Å². The number of ether oxygens (including phenoxy) is 4. The number of fused-ring (bicyclic) bond motifs is 6. The van der Waals surface area contributed by atoms with E-state index in [-0.39, 0.29) is 6.42 Å². The summed E-state index contributed by atoms with van der Waals surface area (Å²) in [5, 5.41) is 12.3. The Morgan fingerprint density at radius 1 is 1.07 bits per heavy atom. The SMILES string of the molecule is COC(=O)[C@H](OC(C)=O)[C@H]1C(C)(C)[C@H](OC(C)=O)[C@]2(O)C=C3[C@@H](CC[C@@]4(C)[C@@H](c5ccoc5)OC(=O)C[C@@H]34)[C@@]1(C)C2=O. The number of ketones is 1. The fourth-order valence-corrected chi connectivity index (χ4v) is 8.91. The minimum atomic E-state index is -2.28. The molecule has 2 bridgehead atoms. The fourth-order valence-electron chi connectivity index (χ4n) is 8.91. The number of furan rings is 1. The van der Waals surface area contributed by atoms with Gasteiger partial charge in [-0.2, -0.15) is 0 Å². The normalized spacial score (nSPS) is 39.0. The molecule has 42 heavy (non-hydrogen) atoms. The Morgan fingerprint density at radius 3 is 2.33 bits per heavy atom. The van der Waals surface area contributed by atoms with Crippen molar-refractivity contribution in [3.8, 4) is 0 Å². The molecule has 1 aromatic rings. The second kappa shape index (κ2) is 9.79. The molecule has 228 valence electrons. The van der Waals surface area contributed by atoms with Crippen LogP contribution in [0, 0.1) is 34.0 Å². The van der Waals surface area contributed by atoms with Crippen molar-refractivity contribution in [1.82, 2.24) is 0 Å². The third kappa shape index (κ3) is 4.06. The highest BCUT2D eigenvalue weighted by Gasteiger charge is 2.75. The summed E-state index contributed by atoms with van der Waals surface area (Å²) in [6.45, 7) is 9.36. The number of cyclic esters (lactones) is 1. The second-order valence-corrected chi connectivity index (χ2v) is 13.2. The van der Waals surface area contributed by atoms with Crippen LogP contribution in [0.4, 0.5) is 0 Å². The second-order valence-electron chi connectivity index (χ2n) is 13.2. The predicted octanol–water partition coefficient (Wildman–Crippen LogP) is 3.24. The van der Waals surface area contributed by atoms with Gasteiger partial charge in [0.1, 0.15) is 12.2 Å². The van der Waals surface area contributed by atoms with Gasteiger partial charge in [0.15, 0.2) is 11.4 Å². The molecule has 3 aliphatic carbocycles. The molecule has 3 fully saturated rings. The highest BCUT2D eigenvalue weighted by molar-refractivity contribution is 5.99. The number of methoxy groups -OCH3 is 1. The molecule has 0 aromatic carbocycles. The molecule has 0 amide bonds. The van der Waals surface area contributed by atoms with Crippen molar-refractivity contribution in [3.05, 3.63) is 35.8 Å². The van der Waals surface area contributed by atoms with Gasteiger partial charge in [0.2, 0.25) is 6.10 Å². The maximum absolute atomic E-state index is 14.6. The number of rotatable bonds is 5. The number of hydrogen-bond acceptors (Lipinski definition) is 11. The van der Waals surface area contributed by atoms with Gasteiger partial charge in [0.05, 0.1) is 26.1 Å². The third-order valence-electron chi connectivity index (χ3n) is 10.4. The zero-order valence-electron chi connectivity index (χ0n) is 24.9. The predicted molar refractivity (Wildman–Crippen MR) is 143 cm³/mol. The number of aliphatic hydroxyl groups is 1. The van der Waals surface area contributed by atoms with Gasteiger partial charge in [-0.05, 0) is 36.8 Å². The Labute approximate surface area is 243 Å². The average molecular weight is 587 g/mol. The van der Waals surface area contributed by atoms with Crippen molar-refractivity contribution < 1.29 is 52.4 Å². The molecule has 9 atom stereocenters. The molecule has 0 unspecified atom stereocenters. The third-order valence-corrected chi connectivity index (χ3v) is 10.4. The van der Waals surface area contributed by atoms with E-state index in [2.05, 4.69) is 0 Å². The zero-order chi connectivity index (χ0) is 31.0. The van der Waals surface area contributed by atoms with Crippen molar-refractivity contribution in [2.75, 3.05) is 7.11 Å². The monoisotopic (exact) mass is 586 g/mol. The van der Waals surface area contributed by atoms with Gasteiger partial charge in [0, 0.05) is 41.6 Å². The number of allylic oxidation sites excluding steroid dienone is 1. The first kappa shape index (κ1) is 30.0. The number of carbonyl (C=O) groups is 5. The zero-order valence-corrected chi connectivity index (χ0v) is 24.9. The number of esters is 4. The van der Waals surface area contributed by atoms with Crippen LogP contribution in [0.25, 0.3) is 0 Å². The quantitative estimate of drug-likeness (QED) is 0.307. The lowest BCUT2D eigenvalue weighted by atomic mass is 9.39. The Bertz CT molecular complexity index is 1360. The van der Waals surface area contributed by atoms with Crippen molar-refractivity contribution in [2.24, 2.45) is 34.0 Å². The summed E-state index contributed by atoms with van der Waals surface area (Å²) >= 11 is 0. The van der Waals surface area contributed by atoms with Crippen molar-refractivity contribution in [1.29, 1.82) is 0 Å². The van der Waals surface area contributed by atoms with E-state index in [0.29, 0.717) is 24.0 Å². The van der Waals surface area contributed by atoms with E-state index in [1.165, 1.54) is 25.5 Å². The first-order chi connectivity index (χ1) is 19.5. The molecule has 1 aliphatic heterocycles. The van der Waals surface area contributed by atoms with Crippen molar-refractivity contribution in [2.45, 2.75) is 84.7 Å². The van der Waals surface area contributed by atoms with Crippen LogP contribution in [0.1, 0.15) is 72.5 Å². The van der Waals surface area contributed by atoms with E-state index in [9.17, 15) is 29.1 Å². The summed E-state index contributed by atoms with van der Waals surface area (Å²) < 4.78 is 27.5. The topological polar surface area (TPSA) is 156 Å². The van der Waals surface area contributed by atoms with Crippen LogP contribution in [0.2, 0.25) is 0 Å². The summed E-state index contributed by atoms with van der Waals surface area (Å²) in [5.74, 6) is -5.53. The maximum atomic E-state index is 14.6. The number of Topliss-reactive ketones (excluding diaryl/α,β-unsaturated/α-hetero) is 1. The van der Waals surface area contributed by atoms with E-state index >= 15 is 0 Å². The Kier molecular flexibility index (Phi) is 6.99. The minimum absolute atomic E-state index is 0.00417. The van der Waals surface area contributed by atoms with Crippen LogP contribution >= 0.6 is 0 Å². The summed E-state index contributed by atoms with van der Waals surface area (Å²) in [6, 6.07) is 1.75. The molecule has 11 nitrogen and oxygen atoms in total. The fraction of sp³-hybridized carbons (Fsp3) is 0.645. The lowest BCUT2D eigenvalue weighted by Gasteiger charge is -2.66. The molecule has 4 aliphatic rings. The Balaban J connectivity index is 1.75. The summed E-state index contributed by atoms with van der Waals surface area (Å²) in [5.41, 5.74) is -4.31. The molecule has 2 heterocycles. The first-order valence-corrected chi connectivity index (χ1v) is 14.2. The van der Waals surface area contributed by atoms with E-state index in [4.69, 9.17) is 23.4 Å². The van der Waals surface area contributed by atoms with Crippen molar-refractivity contribution in [3.63, 3.8) is 0 Å². The molecular weight excluding hydrogens is 548 g/mol. The molecule has 2 saturated carbocycles. The number of carbonyl (C=O) groups excluding carboxylic acids is 5. The van der Waals surface area contributed by atoms with E-state index in [1.54, 1.807) is 26.8 Å². The van der Waals surface area contributed by atoms with Gasteiger partial charge in [-0.3, -0.25) is 19.2 Å². The smallest absolute Gasteiger partial charge is 0.347 e. The van der Waals surface area contributed by atoms with Gasteiger partial charge < -0.3 is 28.5 Å². The summed E-state index contributed by atoms with van der Waals surface area (Å²) in [7, 11) is 1.15. The lowest BCUT2D eigenvalue weighted by Crippen LogP contribution is -2.76. The maximum Gasteiger partial charge on any atom is 0.347 e.